The number of benzene rings is 1. The van der Waals surface area contributed by atoms with Crippen molar-refractivity contribution in [3.8, 4) is 5.75 Å². The molecule has 0 saturated heterocycles. The minimum Gasteiger partial charge on any atom is -0.493 e. The van der Waals surface area contributed by atoms with Crippen LogP contribution in [0.25, 0.3) is 0 Å². The van der Waals surface area contributed by atoms with Crippen LogP contribution in [0, 0.1) is 0 Å². The molecular weight excluding hydrogens is 245 g/mol. The molecule has 0 fully saturated rings. The molecule has 0 amide bonds. The van der Waals surface area contributed by atoms with Gasteiger partial charge in [-0.2, -0.15) is 13.2 Å². The Bertz CT molecular complexity index is 377. The van der Waals surface area contributed by atoms with Gasteiger partial charge >= 0.3 is 6.18 Å². The molecule has 0 bridgehead atoms. The zero-order chi connectivity index (χ0) is 12.2. The zero-order valence-corrected chi connectivity index (χ0v) is 8.81. The highest BCUT2D eigenvalue weighted by Crippen LogP contribution is 2.31. The summed E-state index contributed by atoms with van der Waals surface area (Å²) < 4.78 is 41.8. The number of carbonyl (C=O) groups is 1. The predicted octanol–water partition coefficient (Wildman–Crippen LogP) is 3.24. The lowest BCUT2D eigenvalue weighted by atomic mass is 10.2. The maximum absolute atomic E-state index is 12.3. The van der Waals surface area contributed by atoms with Crippen LogP contribution in [0.15, 0.2) is 24.3 Å². The van der Waals surface area contributed by atoms with Crippen LogP contribution in [-0.4, -0.2) is 11.8 Å². The average molecular weight is 253 g/mol. The summed E-state index contributed by atoms with van der Waals surface area (Å²) in [7, 11) is 0. The van der Waals surface area contributed by atoms with Crippen molar-refractivity contribution in [3.63, 3.8) is 0 Å². The zero-order valence-electron chi connectivity index (χ0n) is 8.05. The molecule has 2 nitrogen and oxygen atoms in total. The maximum Gasteiger partial charge on any atom is 0.416 e. The molecule has 0 heterocycles. The van der Waals surface area contributed by atoms with Crippen molar-refractivity contribution in [2.75, 3.05) is 6.61 Å². The van der Waals surface area contributed by atoms with E-state index in [0.29, 0.717) is 0 Å². The summed E-state index contributed by atoms with van der Waals surface area (Å²) in [5.74, 6) is 0.0627. The van der Waals surface area contributed by atoms with Gasteiger partial charge in [-0.15, -0.1) is 0 Å². The van der Waals surface area contributed by atoms with E-state index in [1.165, 1.54) is 12.1 Å². The van der Waals surface area contributed by atoms with Gasteiger partial charge in [0.15, 0.2) is 0 Å². The Morgan fingerprint density at radius 1 is 1.38 bits per heavy atom. The number of carbonyl (C=O) groups excluding carboxylic acids is 1. The van der Waals surface area contributed by atoms with E-state index in [9.17, 15) is 18.0 Å². The molecule has 88 valence electrons. The molecular formula is C10H8ClF3O2. The summed E-state index contributed by atoms with van der Waals surface area (Å²) in [6.45, 7) is -0.0381. The van der Waals surface area contributed by atoms with Gasteiger partial charge in [0.2, 0.25) is 5.24 Å². The van der Waals surface area contributed by atoms with Crippen molar-refractivity contribution >= 4 is 16.8 Å². The summed E-state index contributed by atoms with van der Waals surface area (Å²) in [6.07, 6.45) is -4.44. The second-order valence-electron chi connectivity index (χ2n) is 2.98. The summed E-state index contributed by atoms with van der Waals surface area (Å²) in [6, 6.07) is 4.44. The Morgan fingerprint density at radius 2 is 2.06 bits per heavy atom. The number of alkyl halides is 3. The Morgan fingerprint density at radius 3 is 2.62 bits per heavy atom. The molecule has 1 aromatic carbocycles. The van der Waals surface area contributed by atoms with E-state index in [0.717, 1.165) is 12.1 Å². The van der Waals surface area contributed by atoms with Crippen molar-refractivity contribution in [3.05, 3.63) is 29.8 Å². The molecule has 0 spiro atoms. The third kappa shape index (κ3) is 4.10. The molecule has 1 rings (SSSR count). The van der Waals surface area contributed by atoms with Gasteiger partial charge < -0.3 is 4.74 Å². The molecule has 1 aromatic rings. The van der Waals surface area contributed by atoms with Gasteiger partial charge in [0.25, 0.3) is 0 Å². The van der Waals surface area contributed by atoms with Crippen LogP contribution in [0.1, 0.15) is 12.0 Å². The van der Waals surface area contributed by atoms with Crippen molar-refractivity contribution in [1.82, 2.24) is 0 Å². The molecule has 0 unspecified atom stereocenters. The first-order valence-electron chi connectivity index (χ1n) is 4.38. The number of rotatable bonds is 4. The van der Waals surface area contributed by atoms with Crippen molar-refractivity contribution < 1.29 is 22.7 Å². The summed E-state index contributed by atoms with van der Waals surface area (Å²) in [5.41, 5.74) is -0.790. The van der Waals surface area contributed by atoms with Crippen LogP contribution in [0.4, 0.5) is 13.2 Å². The van der Waals surface area contributed by atoms with E-state index in [2.05, 4.69) is 0 Å². The van der Waals surface area contributed by atoms with Crippen LogP contribution in [0.5, 0.6) is 5.75 Å². The largest absolute Gasteiger partial charge is 0.493 e. The van der Waals surface area contributed by atoms with E-state index in [4.69, 9.17) is 16.3 Å². The molecule has 0 aliphatic carbocycles. The Kier molecular flexibility index (Phi) is 4.18. The van der Waals surface area contributed by atoms with Gasteiger partial charge in [0, 0.05) is 0 Å². The molecule has 0 aliphatic rings. The van der Waals surface area contributed by atoms with E-state index in [-0.39, 0.29) is 18.8 Å². The van der Waals surface area contributed by atoms with Crippen LogP contribution in [-0.2, 0) is 11.0 Å². The van der Waals surface area contributed by atoms with E-state index >= 15 is 0 Å². The van der Waals surface area contributed by atoms with Crippen LogP contribution in [0.2, 0.25) is 0 Å². The second kappa shape index (κ2) is 5.21. The van der Waals surface area contributed by atoms with Crippen LogP contribution < -0.4 is 4.74 Å². The maximum atomic E-state index is 12.3. The Balaban J connectivity index is 2.64. The third-order valence-electron chi connectivity index (χ3n) is 1.73. The molecule has 0 N–H and O–H groups in total. The third-order valence-corrected chi connectivity index (χ3v) is 1.92. The highest BCUT2D eigenvalue weighted by atomic mass is 35.5. The topological polar surface area (TPSA) is 26.3 Å². The van der Waals surface area contributed by atoms with E-state index in [1.54, 1.807) is 0 Å². The molecule has 0 atom stereocenters. The number of halogens is 4. The van der Waals surface area contributed by atoms with Gasteiger partial charge in [-0.05, 0) is 29.8 Å². The highest BCUT2D eigenvalue weighted by molar-refractivity contribution is 6.63. The van der Waals surface area contributed by atoms with E-state index in [1.807, 2.05) is 0 Å². The first-order valence-corrected chi connectivity index (χ1v) is 4.76. The van der Waals surface area contributed by atoms with Gasteiger partial charge in [-0.3, -0.25) is 4.79 Å². The molecule has 0 radical (unpaired) electrons. The fourth-order valence-corrected chi connectivity index (χ4v) is 1.09. The SMILES string of the molecule is O=C(Cl)CCOc1cccc(C(F)(F)F)c1. The standard InChI is InChI=1S/C10H8ClF3O2/c11-9(15)4-5-16-8-3-1-2-7(6-8)10(12,13)14/h1-3,6H,4-5H2. The van der Waals surface area contributed by atoms with Crippen LogP contribution in [0.3, 0.4) is 0 Å². The van der Waals surface area contributed by atoms with Crippen molar-refractivity contribution in [2.24, 2.45) is 0 Å². The van der Waals surface area contributed by atoms with Gasteiger partial charge in [-0.25, -0.2) is 0 Å². The summed E-state index contributed by atoms with van der Waals surface area (Å²) in [4.78, 5) is 10.4. The molecule has 0 aromatic heterocycles. The normalized spacial score (nSPS) is 11.2. The highest BCUT2D eigenvalue weighted by Gasteiger charge is 2.30. The molecule has 16 heavy (non-hydrogen) atoms. The quantitative estimate of drug-likeness (QED) is 0.769. The van der Waals surface area contributed by atoms with Gasteiger partial charge in [0.1, 0.15) is 5.75 Å². The molecule has 0 saturated carbocycles. The fraction of sp³-hybridized carbons (Fsp3) is 0.300. The Labute approximate surface area is 95.0 Å². The van der Waals surface area contributed by atoms with Gasteiger partial charge in [0.05, 0.1) is 18.6 Å². The minimum absolute atomic E-state index is 0.0381. The predicted molar refractivity (Wildman–Crippen MR) is 52.4 cm³/mol. The van der Waals surface area contributed by atoms with E-state index < -0.39 is 17.0 Å². The van der Waals surface area contributed by atoms with Crippen molar-refractivity contribution in [2.45, 2.75) is 12.6 Å². The monoisotopic (exact) mass is 252 g/mol. The minimum atomic E-state index is -4.40. The smallest absolute Gasteiger partial charge is 0.416 e. The number of hydrogen-bond acceptors (Lipinski definition) is 2. The lowest BCUT2D eigenvalue weighted by molar-refractivity contribution is -0.137. The number of hydrogen-bond donors (Lipinski definition) is 0. The summed E-state index contributed by atoms with van der Waals surface area (Å²) >= 11 is 5.05. The first-order chi connectivity index (χ1) is 7.39. The summed E-state index contributed by atoms with van der Waals surface area (Å²) in [5, 5.41) is -0.591. The van der Waals surface area contributed by atoms with Gasteiger partial charge in [-0.1, -0.05) is 6.07 Å². The molecule has 0 aliphatic heterocycles. The fourth-order valence-electron chi connectivity index (χ4n) is 1.01. The number of ether oxygens (including phenoxy) is 1. The second-order valence-corrected chi connectivity index (χ2v) is 3.40. The average Bonchev–Trinajstić information content (AvgIpc) is 2.16. The van der Waals surface area contributed by atoms with Crippen LogP contribution >= 0.6 is 11.6 Å². The first kappa shape index (κ1) is 12.8. The lowest BCUT2D eigenvalue weighted by Gasteiger charge is -2.09. The van der Waals surface area contributed by atoms with Crippen molar-refractivity contribution in [1.29, 1.82) is 0 Å². The lowest BCUT2D eigenvalue weighted by Crippen LogP contribution is -2.06. The molecule has 6 heteroatoms. The Hall–Kier alpha value is -1.23.